The molecule has 0 aliphatic carbocycles. The largest absolute Gasteiger partial charge is 0.308 e. The Morgan fingerprint density at radius 1 is 0.367 bits per heavy atom. The molecule has 7 aromatic carbocycles. The molecule has 0 saturated heterocycles. The highest BCUT2D eigenvalue weighted by molar-refractivity contribution is 6.09. The second-order valence-electron chi connectivity index (χ2n) is 12.0. The molecule has 0 bridgehead atoms. The summed E-state index contributed by atoms with van der Waals surface area (Å²) in [5.41, 5.74) is 9.57. The van der Waals surface area contributed by atoms with Crippen molar-refractivity contribution in [3.63, 3.8) is 0 Å². The Bertz CT molecular complexity index is 2600. The van der Waals surface area contributed by atoms with E-state index in [1.165, 1.54) is 0 Å². The van der Waals surface area contributed by atoms with Gasteiger partial charge in [-0.15, -0.1) is 0 Å². The third-order valence-corrected chi connectivity index (χ3v) is 8.97. The fourth-order valence-corrected chi connectivity index (χ4v) is 6.62. The Hall–Kier alpha value is -6.65. The molecule has 9 aromatic rings. The highest BCUT2D eigenvalue weighted by Gasteiger charge is 2.20. The van der Waals surface area contributed by atoms with E-state index in [1.54, 1.807) is 0 Å². The zero-order valence-electron chi connectivity index (χ0n) is 27.5. The molecule has 0 fully saturated rings. The highest BCUT2D eigenvalue weighted by Crippen LogP contribution is 2.38. The van der Waals surface area contributed by atoms with Crippen LogP contribution in [0.4, 0.5) is 0 Å². The first-order valence-electron chi connectivity index (χ1n) is 16.9. The van der Waals surface area contributed by atoms with E-state index in [4.69, 9.17) is 15.0 Å². The summed E-state index contributed by atoms with van der Waals surface area (Å²) in [6.07, 6.45) is 0. The molecule has 49 heavy (non-hydrogen) atoms. The summed E-state index contributed by atoms with van der Waals surface area (Å²) >= 11 is 0. The second-order valence-corrected chi connectivity index (χ2v) is 12.0. The molecule has 0 spiro atoms. The van der Waals surface area contributed by atoms with Crippen LogP contribution in [-0.4, -0.2) is 19.5 Å². The monoisotopic (exact) mass is 627 g/mol. The smallest absolute Gasteiger partial charge is 0.166 e. The Morgan fingerprint density at radius 3 is 1.47 bits per heavy atom. The average Bonchev–Trinajstić information content (AvgIpc) is 3.53. The standard InChI is InChI=1S/C45H30N4/c1-4-15-31(16-5-1)34-21-14-22-36(29-34)44-46-43(33-19-8-3-9-20-33)47-45(48-44)39-28-27-35(32-17-6-2-7-18-32)30-42(39)49-40-25-12-10-23-37(40)38-24-11-13-26-41(38)49/h1-30H/i27D. The lowest BCUT2D eigenvalue weighted by Crippen LogP contribution is -2.04. The molecule has 4 heteroatoms. The molecule has 0 atom stereocenters. The lowest BCUT2D eigenvalue weighted by atomic mass is 10.0. The molecular weight excluding hydrogens is 597 g/mol. The van der Waals surface area contributed by atoms with Gasteiger partial charge in [-0.05, 0) is 52.6 Å². The molecule has 0 N–H and O–H groups in total. The summed E-state index contributed by atoms with van der Waals surface area (Å²) in [5, 5.41) is 2.31. The van der Waals surface area contributed by atoms with Crippen LogP contribution in [0, 0.1) is 0 Å². The molecule has 4 nitrogen and oxygen atoms in total. The van der Waals surface area contributed by atoms with E-state index in [-0.39, 0.29) is 0 Å². The lowest BCUT2D eigenvalue weighted by Gasteiger charge is -2.16. The van der Waals surface area contributed by atoms with E-state index in [2.05, 4.69) is 95.6 Å². The van der Waals surface area contributed by atoms with Crippen LogP contribution in [-0.2, 0) is 0 Å². The third-order valence-electron chi connectivity index (χ3n) is 8.97. The maximum Gasteiger partial charge on any atom is 0.166 e. The first-order valence-corrected chi connectivity index (χ1v) is 16.4. The zero-order chi connectivity index (χ0) is 33.4. The van der Waals surface area contributed by atoms with Crippen LogP contribution in [0.1, 0.15) is 1.37 Å². The van der Waals surface area contributed by atoms with E-state index < -0.39 is 0 Å². The number of fused-ring (bicyclic) bond motifs is 3. The predicted octanol–water partition coefficient (Wildman–Crippen LogP) is 11.3. The Morgan fingerprint density at radius 2 is 0.837 bits per heavy atom. The minimum atomic E-state index is 0.394. The molecule has 2 aromatic heterocycles. The molecule has 0 aliphatic heterocycles. The van der Waals surface area contributed by atoms with Crippen molar-refractivity contribution in [1.29, 1.82) is 0 Å². The zero-order valence-corrected chi connectivity index (χ0v) is 26.5. The molecule has 0 saturated carbocycles. The van der Waals surface area contributed by atoms with Crippen molar-refractivity contribution in [2.24, 2.45) is 0 Å². The summed E-state index contributed by atoms with van der Waals surface area (Å²) in [4.78, 5) is 15.4. The van der Waals surface area contributed by atoms with Gasteiger partial charge in [-0.1, -0.05) is 152 Å². The minimum absolute atomic E-state index is 0.394. The van der Waals surface area contributed by atoms with Crippen molar-refractivity contribution in [3.05, 3.63) is 182 Å². The fraction of sp³-hybridized carbons (Fsp3) is 0. The van der Waals surface area contributed by atoms with Crippen molar-refractivity contribution in [3.8, 4) is 62.1 Å². The Labute approximate surface area is 286 Å². The van der Waals surface area contributed by atoms with E-state index in [0.29, 0.717) is 23.5 Å². The van der Waals surface area contributed by atoms with Crippen LogP contribution in [0.3, 0.4) is 0 Å². The van der Waals surface area contributed by atoms with Gasteiger partial charge in [0.2, 0.25) is 0 Å². The van der Waals surface area contributed by atoms with E-state index in [1.807, 2.05) is 84.9 Å². The van der Waals surface area contributed by atoms with Crippen molar-refractivity contribution < 1.29 is 1.37 Å². The van der Waals surface area contributed by atoms with Gasteiger partial charge in [0.25, 0.3) is 0 Å². The van der Waals surface area contributed by atoms with Gasteiger partial charge >= 0.3 is 0 Å². The van der Waals surface area contributed by atoms with E-state index in [9.17, 15) is 1.37 Å². The number of para-hydroxylation sites is 2. The van der Waals surface area contributed by atoms with Gasteiger partial charge in [-0.25, -0.2) is 15.0 Å². The van der Waals surface area contributed by atoms with Crippen LogP contribution in [0.5, 0.6) is 0 Å². The van der Waals surface area contributed by atoms with Crippen LogP contribution >= 0.6 is 0 Å². The van der Waals surface area contributed by atoms with Crippen LogP contribution in [0.2, 0.25) is 0 Å². The molecule has 9 rings (SSSR count). The maximum absolute atomic E-state index is 9.32. The second kappa shape index (κ2) is 12.2. The minimum Gasteiger partial charge on any atom is -0.308 e. The highest BCUT2D eigenvalue weighted by atomic mass is 15.1. The summed E-state index contributed by atoms with van der Waals surface area (Å²) in [6.45, 7) is 0. The quantitative estimate of drug-likeness (QED) is 0.184. The van der Waals surface area contributed by atoms with Gasteiger partial charge in [-0.3, -0.25) is 0 Å². The fourth-order valence-electron chi connectivity index (χ4n) is 6.62. The SMILES string of the molecule is [2H]c1cc(-c2nc(-c3ccccc3)nc(-c3cccc(-c4ccccc4)c3)n2)c(-n2c3ccccc3c3ccccc32)cc1-c1ccccc1. The Kier molecular flexibility index (Phi) is 6.83. The molecule has 230 valence electrons. The summed E-state index contributed by atoms with van der Waals surface area (Å²) in [6, 6.07) is 60.2. The maximum atomic E-state index is 9.32. The summed E-state index contributed by atoms with van der Waals surface area (Å²) in [7, 11) is 0. The van der Waals surface area contributed by atoms with Gasteiger partial charge in [0.15, 0.2) is 17.5 Å². The third kappa shape index (κ3) is 5.26. The van der Waals surface area contributed by atoms with Gasteiger partial charge in [0.05, 0.1) is 18.1 Å². The molecule has 0 amide bonds. The normalized spacial score (nSPS) is 11.6. The van der Waals surface area contributed by atoms with Gasteiger partial charge < -0.3 is 4.57 Å². The number of aromatic nitrogens is 4. The molecule has 2 heterocycles. The van der Waals surface area contributed by atoms with Gasteiger partial charge in [0, 0.05) is 27.5 Å². The molecule has 0 unspecified atom stereocenters. The average molecular weight is 628 g/mol. The van der Waals surface area contributed by atoms with Crippen LogP contribution in [0.25, 0.3) is 83.9 Å². The Balaban J connectivity index is 1.34. The number of benzene rings is 7. The summed E-state index contributed by atoms with van der Waals surface area (Å²) in [5.74, 6) is 1.64. The number of nitrogens with zero attached hydrogens (tertiary/aromatic N) is 4. The van der Waals surface area contributed by atoms with Crippen LogP contribution in [0.15, 0.2) is 182 Å². The number of hydrogen-bond donors (Lipinski definition) is 0. The molecule has 0 aliphatic rings. The number of hydrogen-bond acceptors (Lipinski definition) is 3. The van der Waals surface area contributed by atoms with E-state index >= 15 is 0 Å². The summed E-state index contributed by atoms with van der Waals surface area (Å²) < 4.78 is 11.6. The number of rotatable bonds is 6. The molecule has 0 radical (unpaired) electrons. The van der Waals surface area contributed by atoms with Crippen molar-refractivity contribution in [2.45, 2.75) is 0 Å². The first-order chi connectivity index (χ1) is 24.7. The topological polar surface area (TPSA) is 43.6 Å². The lowest BCUT2D eigenvalue weighted by molar-refractivity contribution is 1.06. The van der Waals surface area contributed by atoms with Gasteiger partial charge in [0.1, 0.15) is 0 Å². The van der Waals surface area contributed by atoms with Crippen molar-refractivity contribution in [2.75, 3.05) is 0 Å². The molecular formula is C45H30N4. The van der Waals surface area contributed by atoms with Crippen LogP contribution < -0.4 is 0 Å². The van der Waals surface area contributed by atoms with E-state index in [0.717, 1.165) is 66.4 Å². The first kappa shape index (κ1) is 27.5. The van der Waals surface area contributed by atoms with Crippen molar-refractivity contribution in [1.82, 2.24) is 19.5 Å². The van der Waals surface area contributed by atoms with Gasteiger partial charge in [-0.2, -0.15) is 0 Å². The van der Waals surface area contributed by atoms with Crippen molar-refractivity contribution >= 4 is 21.8 Å². The predicted molar refractivity (Wildman–Crippen MR) is 201 cm³/mol.